The molecule has 0 aliphatic rings. The minimum absolute atomic E-state index is 0.105. The monoisotopic (exact) mass is 229 g/mol. The van der Waals surface area contributed by atoms with Crippen LogP contribution in [0.4, 0.5) is 0 Å². The number of aliphatic hydroxyl groups is 1. The van der Waals surface area contributed by atoms with Crippen molar-refractivity contribution in [3.05, 3.63) is 12.2 Å². The smallest absolute Gasteiger partial charge is 0.338 e. The van der Waals surface area contributed by atoms with Gasteiger partial charge in [-0.1, -0.05) is 5.16 Å². The van der Waals surface area contributed by atoms with E-state index in [1.54, 1.807) is 0 Å². The lowest BCUT2D eigenvalue weighted by molar-refractivity contribution is -0.159. The molecule has 16 heavy (non-hydrogen) atoms. The first-order valence-electron chi connectivity index (χ1n) is 4.83. The second-order valence-electron chi connectivity index (χ2n) is 3.53. The van der Waals surface area contributed by atoms with Gasteiger partial charge in [0.25, 0.3) is 0 Å². The van der Waals surface area contributed by atoms with Crippen LogP contribution < -0.4 is 5.32 Å². The van der Waals surface area contributed by atoms with Crippen molar-refractivity contribution in [1.82, 2.24) is 15.5 Å². The van der Waals surface area contributed by atoms with E-state index in [-0.39, 0.29) is 6.54 Å². The summed E-state index contributed by atoms with van der Waals surface area (Å²) in [5.41, 5.74) is -1.52. The molecule has 0 spiro atoms. The summed E-state index contributed by atoms with van der Waals surface area (Å²) in [6.45, 7) is 2.02. The van der Waals surface area contributed by atoms with Crippen molar-refractivity contribution < 1.29 is 19.2 Å². The molecular weight excluding hydrogens is 214 g/mol. The number of esters is 1. The number of rotatable bonds is 6. The van der Waals surface area contributed by atoms with Crippen molar-refractivity contribution in [3.8, 4) is 0 Å². The van der Waals surface area contributed by atoms with E-state index < -0.39 is 11.6 Å². The van der Waals surface area contributed by atoms with Crippen LogP contribution in [-0.2, 0) is 16.0 Å². The molecule has 0 amide bonds. The summed E-state index contributed by atoms with van der Waals surface area (Å²) in [6.07, 6.45) is 1.86. The Morgan fingerprint density at radius 2 is 2.50 bits per heavy atom. The Hall–Kier alpha value is -1.47. The molecule has 0 saturated carbocycles. The predicted octanol–water partition coefficient (Wildman–Crippen LogP) is -0.874. The fraction of sp³-hybridized carbons (Fsp3) is 0.667. The van der Waals surface area contributed by atoms with Gasteiger partial charge in [0.05, 0.1) is 7.11 Å². The second kappa shape index (κ2) is 5.57. The van der Waals surface area contributed by atoms with Crippen LogP contribution in [-0.4, -0.2) is 47.0 Å². The van der Waals surface area contributed by atoms with Gasteiger partial charge in [-0.15, -0.1) is 0 Å². The van der Waals surface area contributed by atoms with Gasteiger partial charge in [-0.25, -0.2) is 4.79 Å². The summed E-state index contributed by atoms with van der Waals surface area (Å²) in [5, 5.41) is 16.0. The maximum Gasteiger partial charge on any atom is 0.338 e. The molecule has 0 radical (unpaired) electrons. The third kappa shape index (κ3) is 3.59. The van der Waals surface area contributed by atoms with Gasteiger partial charge in [0.15, 0.2) is 11.9 Å². The molecular formula is C9H15N3O4. The molecule has 1 atom stereocenters. The van der Waals surface area contributed by atoms with Crippen molar-refractivity contribution in [2.75, 3.05) is 20.2 Å². The first kappa shape index (κ1) is 12.6. The van der Waals surface area contributed by atoms with E-state index >= 15 is 0 Å². The highest BCUT2D eigenvalue weighted by Crippen LogP contribution is 2.03. The highest BCUT2D eigenvalue weighted by Gasteiger charge is 2.30. The van der Waals surface area contributed by atoms with Crippen molar-refractivity contribution in [3.63, 3.8) is 0 Å². The van der Waals surface area contributed by atoms with Crippen LogP contribution in [0, 0.1) is 0 Å². The number of nitrogens with one attached hydrogen (secondary N) is 1. The van der Waals surface area contributed by atoms with Crippen LogP contribution in [0.1, 0.15) is 12.8 Å². The first-order chi connectivity index (χ1) is 7.56. The highest BCUT2D eigenvalue weighted by atomic mass is 16.5. The molecule has 1 aromatic heterocycles. The minimum Gasteiger partial charge on any atom is -0.467 e. The number of aromatic nitrogens is 2. The Kier molecular flexibility index (Phi) is 4.39. The number of carbonyl (C=O) groups excluding carboxylic acids is 1. The van der Waals surface area contributed by atoms with E-state index in [0.29, 0.717) is 18.9 Å². The molecule has 1 unspecified atom stereocenters. The van der Waals surface area contributed by atoms with Gasteiger partial charge < -0.3 is 19.7 Å². The summed E-state index contributed by atoms with van der Waals surface area (Å²) in [6, 6.07) is 0. The van der Waals surface area contributed by atoms with Crippen molar-refractivity contribution in [2.45, 2.75) is 18.9 Å². The molecule has 0 bridgehead atoms. The lowest BCUT2D eigenvalue weighted by atomic mass is 10.1. The van der Waals surface area contributed by atoms with E-state index in [2.05, 4.69) is 20.2 Å². The van der Waals surface area contributed by atoms with E-state index in [1.807, 2.05) is 0 Å². The molecule has 7 heteroatoms. The van der Waals surface area contributed by atoms with Gasteiger partial charge in [-0.05, 0) is 6.92 Å². The van der Waals surface area contributed by atoms with Gasteiger partial charge >= 0.3 is 5.97 Å². The zero-order valence-corrected chi connectivity index (χ0v) is 9.27. The van der Waals surface area contributed by atoms with Crippen molar-refractivity contribution >= 4 is 5.97 Å². The standard InChI is InChI=1S/C9H15N3O4/c1-9(14,8(13)15-2)5-10-4-3-7-11-6-12-16-7/h6,10,14H,3-5H2,1-2H3. The summed E-state index contributed by atoms with van der Waals surface area (Å²) in [4.78, 5) is 14.9. The molecule has 1 rings (SSSR count). The summed E-state index contributed by atoms with van der Waals surface area (Å²) in [7, 11) is 1.23. The molecule has 0 aliphatic heterocycles. The van der Waals surface area contributed by atoms with Crippen LogP contribution >= 0.6 is 0 Å². The number of nitrogens with zero attached hydrogens (tertiary/aromatic N) is 2. The zero-order chi connectivity index (χ0) is 12.0. The predicted molar refractivity (Wildman–Crippen MR) is 53.5 cm³/mol. The molecule has 1 aromatic rings. The molecule has 0 aromatic carbocycles. The molecule has 7 nitrogen and oxygen atoms in total. The van der Waals surface area contributed by atoms with E-state index in [1.165, 1.54) is 20.4 Å². The Morgan fingerprint density at radius 1 is 1.75 bits per heavy atom. The van der Waals surface area contributed by atoms with Crippen LogP contribution in [0.5, 0.6) is 0 Å². The molecule has 0 fully saturated rings. The van der Waals surface area contributed by atoms with Crippen molar-refractivity contribution in [1.29, 1.82) is 0 Å². The van der Waals surface area contributed by atoms with Crippen LogP contribution in [0.25, 0.3) is 0 Å². The molecule has 0 saturated heterocycles. The fourth-order valence-corrected chi connectivity index (χ4v) is 1.13. The number of hydrogen-bond acceptors (Lipinski definition) is 7. The minimum atomic E-state index is -1.52. The SMILES string of the molecule is COC(=O)C(C)(O)CNCCc1ncno1. The van der Waals surface area contributed by atoms with E-state index in [4.69, 9.17) is 4.52 Å². The molecule has 2 N–H and O–H groups in total. The van der Waals surface area contributed by atoms with Gasteiger partial charge in [0.2, 0.25) is 5.89 Å². The van der Waals surface area contributed by atoms with Gasteiger partial charge in [-0.3, -0.25) is 0 Å². The van der Waals surface area contributed by atoms with Crippen LogP contribution in [0.3, 0.4) is 0 Å². The maximum absolute atomic E-state index is 11.1. The Balaban J connectivity index is 2.22. The largest absolute Gasteiger partial charge is 0.467 e. The molecule has 0 aliphatic carbocycles. The van der Waals surface area contributed by atoms with Gasteiger partial charge in [0, 0.05) is 19.5 Å². The second-order valence-corrected chi connectivity index (χ2v) is 3.53. The molecule has 90 valence electrons. The zero-order valence-electron chi connectivity index (χ0n) is 9.27. The quantitative estimate of drug-likeness (QED) is 0.483. The third-order valence-corrected chi connectivity index (χ3v) is 2.02. The lowest BCUT2D eigenvalue weighted by Gasteiger charge is -2.20. The summed E-state index contributed by atoms with van der Waals surface area (Å²) >= 11 is 0. The number of ether oxygens (including phenoxy) is 1. The third-order valence-electron chi connectivity index (χ3n) is 2.02. The average Bonchev–Trinajstić information content (AvgIpc) is 2.76. The van der Waals surface area contributed by atoms with Gasteiger partial charge in [-0.2, -0.15) is 4.98 Å². The summed E-state index contributed by atoms with van der Waals surface area (Å²) < 4.78 is 9.23. The Bertz CT molecular complexity index is 324. The highest BCUT2D eigenvalue weighted by molar-refractivity contribution is 5.78. The lowest BCUT2D eigenvalue weighted by Crippen LogP contribution is -2.46. The normalized spacial score (nSPS) is 14.4. The van der Waals surface area contributed by atoms with Gasteiger partial charge in [0.1, 0.15) is 0 Å². The van der Waals surface area contributed by atoms with Crippen LogP contribution in [0.15, 0.2) is 10.9 Å². The topological polar surface area (TPSA) is 97.5 Å². The number of hydrogen-bond donors (Lipinski definition) is 2. The van der Waals surface area contributed by atoms with Crippen molar-refractivity contribution in [2.24, 2.45) is 0 Å². The van der Waals surface area contributed by atoms with Crippen LogP contribution in [0.2, 0.25) is 0 Å². The average molecular weight is 229 g/mol. The fourth-order valence-electron chi connectivity index (χ4n) is 1.13. The first-order valence-corrected chi connectivity index (χ1v) is 4.83. The number of carbonyl (C=O) groups is 1. The number of methoxy groups -OCH3 is 1. The maximum atomic E-state index is 11.1. The molecule has 1 heterocycles. The Morgan fingerprint density at radius 3 is 3.06 bits per heavy atom. The Labute approximate surface area is 92.8 Å². The summed E-state index contributed by atoms with van der Waals surface area (Å²) in [5.74, 6) is -0.164. The van der Waals surface area contributed by atoms with E-state index in [0.717, 1.165) is 0 Å². The van der Waals surface area contributed by atoms with E-state index in [9.17, 15) is 9.90 Å².